The van der Waals surface area contributed by atoms with Gasteiger partial charge in [0.25, 0.3) is 0 Å². The van der Waals surface area contributed by atoms with E-state index in [1.54, 1.807) is 6.20 Å². The van der Waals surface area contributed by atoms with Crippen molar-refractivity contribution < 1.29 is 4.74 Å². The number of halogens is 2. The smallest absolute Gasteiger partial charge is 0.138 e. The van der Waals surface area contributed by atoms with Crippen molar-refractivity contribution in [2.75, 3.05) is 6.54 Å². The van der Waals surface area contributed by atoms with Gasteiger partial charge in [-0.25, -0.2) is 4.98 Å². The van der Waals surface area contributed by atoms with Crippen LogP contribution in [0.1, 0.15) is 17.5 Å². The maximum Gasteiger partial charge on any atom is 0.138 e. The lowest BCUT2D eigenvalue weighted by atomic mass is 10.2. The van der Waals surface area contributed by atoms with Crippen molar-refractivity contribution in [1.82, 2.24) is 14.9 Å². The fourth-order valence-corrected chi connectivity index (χ4v) is 2.80. The fraction of sp³-hybridized carbons (Fsp3) is 0.250. The van der Waals surface area contributed by atoms with Crippen LogP contribution in [0, 0.1) is 0 Å². The quantitative estimate of drug-likeness (QED) is 0.536. The molecule has 3 aromatic rings. The van der Waals surface area contributed by atoms with Crippen LogP contribution in [-0.4, -0.2) is 16.1 Å². The zero-order chi connectivity index (χ0) is 17.3. The van der Waals surface area contributed by atoms with Crippen molar-refractivity contribution in [3.63, 3.8) is 0 Å². The van der Waals surface area contributed by atoms with E-state index in [0.717, 1.165) is 42.9 Å². The molecule has 0 spiro atoms. The van der Waals surface area contributed by atoms with Crippen LogP contribution >= 0.6 is 24.0 Å². The lowest BCUT2D eigenvalue weighted by Gasteiger charge is -2.10. The minimum absolute atomic E-state index is 0. The van der Waals surface area contributed by atoms with Crippen LogP contribution in [0.4, 0.5) is 0 Å². The second kappa shape index (κ2) is 10.9. The predicted molar refractivity (Wildman–Crippen MR) is 108 cm³/mol. The minimum atomic E-state index is 0. The summed E-state index contributed by atoms with van der Waals surface area (Å²) in [6.07, 6.45) is 6.68. The molecule has 0 radical (unpaired) electrons. The highest BCUT2D eigenvalue weighted by molar-refractivity contribution is 6.32. The monoisotopic (exact) mass is 391 g/mol. The average Bonchev–Trinajstić information content (AvgIpc) is 3.15. The number of hydrogen-bond donors (Lipinski definition) is 1. The third kappa shape index (κ3) is 6.37. The van der Waals surface area contributed by atoms with Gasteiger partial charge in [0.15, 0.2) is 0 Å². The molecule has 4 nitrogen and oxygen atoms in total. The van der Waals surface area contributed by atoms with Gasteiger partial charge in [0.1, 0.15) is 12.4 Å². The molecule has 0 aliphatic rings. The van der Waals surface area contributed by atoms with Crippen LogP contribution in [-0.2, 0) is 19.7 Å². The highest BCUT2D eigenvalue weighted by atomic mass is 35.5. The topological polar surface area (TPSA) is 39.1 Å². The molecular formula is C20H23Cl2N3O. The zero-order valence-corrected chi connectivity index (χ0v) is 16.0. The number of nitrogens with one attached hydrogen (secondary N) is 1. The first-order valence-electron chi connectivity index (χ1n) is 8.43. The summed E-state index contributed by atoms with van der Waals surface area (Å²) in [6.45, 7) is 3.23. The Morgan fingerprint density at radius 3 is 2.65 bits per heavy atom. The molecule has 0 saturated carbocycles. The number of ether oxygens (including phenoxy) is 1. The van der Waals surface area contributed by atoms with E-state index < -0.39 is 0 Å². The van der Waals surface area contributed by atoms with E-state index in [1.165, 1.54) is 0 Å². The largest absolute Gasteiger partial charge is 0.487 e. The average molecular weight is 392 g/mol. The normalized spacial score (nSPS) is 10.3. The fourth-order valence-electron chi connectivity index (χ4n) is 2.55. The van der Waals surface area contributed by atoms with E-state index in [1.807, 2.05) is 55.0 Å². The first-order valence-corrected chi connectivity index (χ1v) is 8.81. The lowest BCUT2D eigenvalue weighted by Crippen LogP contribution is -2.16. The number of nitrogens with zero attached hydrogens (tertiary/aromatic N) is 2. The third-order valence-corrected chi connectivity index (χ3v) is 4.19. The molecule has 0 bridgehead atoms. The molecular weight excluding hydrogens is 369 g/mol. The molecule has 0 aliphatic heterocycles. The van der Waals surface area contributed by atoms with Gasteiger partial charge in [0.2, 0.25) is 0 Å². The molecule has 2 aromatic carbocycles. The number of benzene rings is 2. The van der Waals surface area contributed by atoms with Crippen LogP contribution < -0.4 is 10.1 Å². The summed E-state index contributed by atoms with van der Waals surface area (Å²) in [5.41, 5.74) is 2.28. The molecule has 26 heavy (non-hydrogen) atoms. The van der Waals surface area contributed by atoms with Gasteiger partial charge in [-0.3, -0.25) is 0 Å². The molecule has 3 rings (SSSR count). The predicted octanol–water partition coefficient (Wildman–Crippen LogP) is 4.72. The standard InChI is InChI=1S/C20H22ClN3O.ClH/c21-19-13-18(14-22-9-4-11-24-12-10-23-16-24)7-8-20(19)25-15-17-5-2-1-3-6-17;/h1-3,5-8,10,12-13,16,22H,4,9,11,14-15H2;1H. The molecule has 0 amide bonds. The van der Waals surface area contributed by atoms with Gasteiger partial charge in [-0.1, -0.05) is 48.0 Å². The van der Waals surface area contributed by atoms with Crippen LogP contribution in [0.2, 0.25) is 5.02 Å². The number of rotatable bonds is 9. The molecule has 6 heteroatoms. The van der Waals surface area contributed by atoms with Gasteiger partial charge in [0, 0.05) is 25.5 Å². The van der Waals surface area contributed by atoms with Crippen LogP contribution in [0.3, 0.4) is 0 Å². The van der Waals surface area contributed by atoms with Crippen molar-refractivity contribution in [3.05, 3.63) is 83.4 Å². The number of imidazole rings is 1. The Morgan fingerprint density at radius 1 is 1.08 bits per heavy atom. The lowest BCUT2D eigenvalue weighted by molar-refractivity contribution is 0.306. The Morgan fingerprint density at radius 2 is 1.92 bits per heavy atom. The minimum Gasteiger partial charge on any atom is -0.487 e. The molecule has 1 aromatic heterocycles. The zero-order valence-electron chi connectivity index (χ0n) is 14.5. The maximum absolute atomic E-state index is 6.34. The SMILES string of the molecule is Cl.Clc1cc(CNCCCn2ccnc2)ccc1OCc1ccccc1. The Hall–Kier alpha value is -2.01. The summed E-state index contributed by atoms with van der Waals surface area (Å²) < 4.78 is 7.88. The third-order valence-electron chi connectivity index (χ3n) is 3.89. The van der Waals surface area contributed by atoms with E-state index in [4.69, 9.17) is 16.3 Å². The van der Waals surface area contributed by atoms with Gasteiger partial charge in [0.05, 0.1) is 11.3 Å². The Bertz CT molecular complexity index is 764. The number of aromatic nitrogens is 2. The second-order valence-electron chi connectivity index (χ2n) is 5.87. The Kier molecular flexibility index (Phi) is 8.48. The summed E-state index contributed by atoms with van der Waals surface area (Å²) in [4.78, 5) is 4.04. The van der Waals surface area contributed by atoms with Crippen LogP contribution in [0.5, 0.6) is 5.75 Å². The first kappa shape index (κ1) is 20.3. The van der Waals surface area contributed by atoms with Gasteiger partial charge >= 0.3 is 0 Å². The molecule has 138 valence electrons. The number of aryl methyl sites for hydroxylation is 1. The van der Waals surface area contributed by atoms with Gasteiger partial charge in [-0.2, -0.15) is 0 Å². The molecule has 0 unspecified atom stereocenters. The van der Waals surface area contributed by atoms with Crippen molar-refractivity contribution in [2.24, 2.45) is 0 Å². The molecule has 0 aliphatic carbocycles. The van der Waals surface area contributed by atoms with E-state index in [0.29, 0.717) is 11.6 Å². The van der Waals surface area contributed by atoms with E-state index in [2.05, 4.69) is 20.9 Å². The molecule has 0 saturated heterocycles. The summed E-state index contributed by atoms with van der Waals surface area (Å²) in [5.74, 6) is 0.717. The van der Waals surface area contributed by atoms with Crippen molar-refractivity contribution in [2.45, 2.75) is 26.1 Å². The highest BCUT2D eigenvalue weighted by Crippen LogP contribution is 2.26. The van der Waals surface area contributed by atoms with Crippen molar-refractivity contribution >= 4 is 24.0 Å². The molecule has 1 heterocycles. The Labute approximate surface area is 165 Å². The molecule has 1 N–H and O–H groups in total. The van der Waals surface area contributed by atoms with Crippen molar-refractivity contribution in [1.29, 1.82) is 0 Å². The van der Waals surface area contributed by atoms with Gasteiger partial charge in [-0.05, 0) is 36.2 Å². The maximum atomic E-state index is 6.34. The van der Waals surface area contributed by atoms with Crippen molar-refractivity contribution in [3.8, 4) is 5.75 Å². The summed E-state index contributed by atoms with van der Waals surface area (Å²) >= 11 is 6.34. The van der Waals surface area contributed by atoms with Gasteiger partial charge in [-0.15, -0.1) is 12.4 Å². The van der Waals surface area contributed by atoms with Crippen LogP contribution in [0.25, 0.3) is 0 Å². The summed E-state index contributed by atoms with van der Waals surface area (Å²) in [5, 5.41) is 4.08. The molecule has 0 atom stereocenters. The second-order valence-corrected chi connectivity index (χ2v) is 6.28. The van der Waals surface area contributed by atoms with E-state index in [-0.39, 0.29) is 12.4 Å². The molecule has 0 fully saturated rings. The summed E-state index contributed by atoms with van der Waals surface area (Å²) in [7, 11) is 0. The van der Waals surface area contributed by atoms with Crippen LogP contribution in [0.15, 0.2) is 67.3 Å². The first-order chi connectivity index (χ1) is 12.3. The van der Waals surface area contributed by atoms with Gasteiger partial charge < -0.3 is 14.6 Å². The van der Waals surface area contributed by atoms with E-state index in [9.17, 15) is 0 Å². The van der Waals surface area contributed by atoms with E-state index >= 15 is 0 Å². The number of hydrogen-bond acceptors (Lipinski definition) is 3. The summed E-state index contributed by atoms with van der Waals surface area (Å²) in [6, 6.07) is 16.0. The Balaban J connectivity index is 0.00000243. The highest BCUT2D eigenvalue weighted by Gasteiger charge is 2.04.